The van der Waals surface area contributed by atoms with E-state index in [-0.39, 0.29) is 42.1 Å². The Morgan fingerprint density at radius 2 is 1.73 bits per heavy atom. The molecule has 0 aromatic heterocycles. The first kappa shape index (κ1) is 39.4. The van der Waals surface area contributed by atoms with E-state index in [1.54, 1.807) is 29.0 Å². The van der Waals surface area contributed by atoms with E-state index < -0.39 is 59.6 Å². The standard InChI is InChI=1S/C41H52BrN3O7/c1-9-11-20-31(47)43(8)27(7)35(28-18-13-12-14-19-28)51-40(50)32-33-38(48)45(30(23-46)24(3)4)37(41(33)22-29(42)36(32)52-41)39(49)44(21-10-2)34-25(5)16-15-17-26(34)6/h9-10,12-19,24,27,29-30,32-33,35-37,46H,1-2,11,20-23H2,3-8H3/t27-,29?,30-,32+,33-,35+,36+,37+,41-/m0/s1. The number of fused-ring (bicyclic) bond motifs is 1. The molecule has 2 bridgehead atoms. The number of ether oxygens (including phenoxy) is 2. The van der Waals surface area contributed by atoms with E-state index in [9.17, 15) is 19.5 Å². The molecule has 5 rings (SSSR count). The average molecular weight is 779 g/mol. The number of anilines is 1. The molecule has 11 heteroatoms. The summed E-state index contributed by atoms with van der Waals surface area (Å²) in [6.07, 6.45) is 2.81. The predicted octanol–water partition coefficient (Wildman–Crippen LogP) is 5.68. The van der Waals surface area contributed by atoms with Gasteiger partial charge in [0, 0.05) is 30.5 Å². The van der Waals surface area contributed by atoms with E-state index in [0.29, 0.717) is 18.4 Å². The molecule has 3 amide bonds. The van der Waals surface area contributed by atoms with Gasteiger partial charge in [-0.05, 0) is 56.2 Å². The second kappa shape index (κ2) is 16.1. The van der Waals surface area contributed by atoms with Crippen LogP contribution in [0.2, 0.25) is 0 Å². The largest absolute Gasteiger partial charge is 0.455 e. The highest BCUT2D eigenvalue weighted by atomic mass is 79.9. The van der Waals surface area contributed by atoms with Crippen molar-refractivity contribution in [3.8, 4) is 0 Å². The summed E-state index contributed by atoms with van der Waals surface area (Å²) in [6, 6.07) is 12.6. The molecule has 2 aromatic carbocycles. The molecular formula is C41H52BrN3O7. The summed E-state index contributed by atoms with van der Waals surface area (Å²) in [6.45, 7) is 16.9. The molecular weight excluding hydrogens is 726 g/mol. The van der Waals surface area contributed by atoms with E-state index in [4.69, 9.17) is 9.47 Å². The normalized spacial score (nSPS) is 26.4. The fraction of sp³-hybridized carbons (Fsp3) is 0.512. The Bertz CT molecular complexity index is 1660. The lowest BCUT2D eigenvalue weighted by Gasteiger charge is -2.41. The van der Waals surface area contributed by atoms with Gasteiger partial charge in [0.15, 0.2) is 0 Å². The van der Waals surface area contributed by atoms with Crippen LogP contribution in [0, 0.1) is 31.6 Å². The van der Waals surface area contributed by atoms with Crippen molar-refractivity contribution < 1.29 is 33.8 Å². The summed E-state index contributed by atoms with van der Waals surface area (Å²) in [5.41, 5.74) is 1.80. The second-order valence-electron chi connectivity index (χ2n) is 14.7. The summed E-state index contributed by atoms with van der Waals surface area (Å²) in [4.78, 5) is 62.2. The number of carbonyl (C=O) groups excluding carboxylic acids is 4. The number of aliphatic hydroxyl groups is 1. The van der Waals surface area contributed by atoms with Crippen LogP contribution >= 0.6 is 15.9 Å². The van der Waals surface area contributed by atoms with Gasteiger partial charge in [-0.3, -0.25) is 19.2 Å². The molecule has 10 nitrogen and oxygen atoms in total. The molecule has 1 unspecified atom stereocenters. The number of halogens is 1. The smallest absolute Gasteiger partial charge is 0.313 e. The van der Waals surface area contributed by atoms with Crippen LogP contribution in [0.25, 0.3) is 0 Å². The zero-order valence-corrected chi connectivity index (χ0v) is 32.6. The van der Waals surface area contributed by atoms with Crippen LogP contribution in [0.5, 0.6) is 0 Å². The summed E-state index contributed by atoms with van der Waals surface area (Å²) in [5, 5.41) is 10.7. The number of alkyl halides is 1. The van der Waals surface area contributed by atoms with Crippen molar-refractivity contribution in [2.75, 3.05) is 25.1 Å². The molecule has 280 valence electrons. The highest BCUT2D eigenvalue weighted by molar-refractivity contribution is 9.09. The SMILES string of the molecule is C=CCCC(=O)N(C)[C@@H](C)[C@@H](OC(=O)[C@H]1[C@@H]2O[C@@]3(CC2Br)[C@@H]1C(=O)N([C@@H](CO)C(C)C)[C@@H]3C(=O)N(CC=C)c1c(C)cccc1C)c1ccccc1. The molecule has 0 aliphatic carbocycles. The van der Waals surface area contributed by atoms with Crippen molar-refractivity contribution in [1.82, 2.24) is 9.80 Å². The molecule has 2 aromatic rings. The lowest BCUT2D eigenvalue weighted by Crippen LogP contribution is -2.60. The summed E-state index contributed by atoms with van der Waals surface area (Å²) in [5.74, 6) is -3.85. The Labute approximate surface area is 315 Å². The lowest BCUT2D eigenvalue weighted by atomic mass is 9.70. The Morgan fingerprint density at radius 3 is 2.31 bits per heavy atom. The van der Waals surface area contributed by atoms with Gasteiger partial charge in [0.1, 0.15) is 17.7 Å². The minimum absolute atomic E-state index is 0.119. The summed E-state index contributed by atoms with van der Waals surface area (Å²) >= 11 is 3.76. The summed E-state index contributed by atoms with van der Waals surface area (Å²) < 4.78 is 13.2. The quantitative estimate of drug-likeness (QED) is 0.141. The third kappa shape index (κ3) is 6.87. The van der Waals surface area contributed by atoms with Gasteiger partial charge in [0.05, 0.1) is 36.6 Å². The van der Waals surface area contributed by atoms with Gasteiger partial charge in [-0.2, -0.15) is 0 Å². The minimum atomic E-state index is -1.37. The van der Waals surface area contributed by atoms with Crippen LogP contribution < -0.4 is 4.90 Å². The van der Waals surface area contributed by atoms with Crippen molar-refractivity contribution in [2.24, 2.45) is 17.8 Å². The Kier molecular flexibility index (Phi) is 12.2. The van der Waals surface area contributed by atoms with E-state index in [1.807, 2.05) is 83.1 Å². The number of hydrogen-bond donors (Lipinski definition) is 1. The number of nitrogens with zero attached hydrogens (tertiary/aromatic N) is 3. The highest BCUT2D eigenvalue weighted by Gasteiger charge is 2.78. The van der Waals surface area contributed by atoms with Crippen molar-refractivity contribution in [3.63, 3.8) is 0 Å². The number of esters is 1. The van der Waals surface area contributed by atoms with Crippen molar-refractivity contribution in [3.05, 3.63) is 90.5 Å². The number of aliphatic hydroxyl groups excluding tert-OH is 1. The number of benzene rings is 2. The van der Waals surface area contributed by atoms with Crippen LogP contribution in [0.15, 0.2) is 73.8 Å². The number of para-hydroxylation sites is 1. The first-order valence-corrected chi connectivity index (χ1v) is 19.0. The number of likely N-dealkylation sites (N-methyl/N-ethyl adjacent to an activating group) is 1. The van der Waals surface area contributed by atoms with Crippen LogP contribution in [0.3, 0.4) is 0 Å². The van der Waals surface area contributed by atoms with Gasteiger partial charge in [0.2, 0.25) is 11.8 Å². The van der Waals surface area contributed by atoms with Gasteiger partial charge >= 0.3 is 5.97 Å². The Hall–Kier alpha value is -3.80. The van der Waals surface area contributed by atoms with Crippen molar-refractivity contribution in [1.29, 1.82) is 0 Å². The molecule has 1 spiro atoms. The number of allylic oxidation sites excluding steroid dienone is 1. The molecule has 0 radical (unpaired) electrons. The topological polar surface area (TPSA) is 117 Å². The highest BCUT2D eigenvalue weighted by Crippen LogP contribution is 2.61. The fourth-order valence-electron chi connectivity index (χ4n) is 8.52. The molecule has 3 saturated heterocycles. The maximum Gasteiger partial charge on any atom is 0.313 e. The third-order valence-electron chi connectivity index (χ3n) is 11.2. The van der Waals surface area contributed by atoms with Gasteiger partial charge in [-0.1, -0.05) is 90.5 Å². The van der Waals surface area contributed by atoms with Crippen molar-refractivity contribution in [2.45, 2.75) is 94.6 Å². The van der Waals surface area contributed by atoms with Gasteiger partial charge in [-0.15, -0.1) is 13.2 Å². The minimum Gasteiger partial charge on any atom is -0.455 e. The fourth-order valence-corrected chi connectivity index (χ4v) is 9.46. The molecule has 52 heavy (non-hydrogen) atoms. The zero-order valence-electron chi connectivity index (χ0n) is 31.0. The van der Waals surface area contributed by atoms with Gasteiger partial charge in [0.25, 0.3) is 5.91 Å². The first-order chi connectivity index (χ1) is 24.7. The number of amides is 3. The van der Waals surface area contributed by atoms with Crippen LogP contribution in [-0.4, -0.2) is 93.5 Å². The monoisotopic (exact) mass is 777 g/mol. The average Bonchev–Trinajstić information content (AvgIpc) is 3.71. The number of hydrogen-bond acceptors (Lipinski definition) is 7. The number of aryl methyl sites for hydroxylation is 2. The molecule has 3 fully saturated rings. The molecule has 3 aliphatic heterocycles. The van der Waals surface area contributed by atoms with E-state index in [2.05, 4.69) is 29.1 Å². The number of carbonyl (C=O) groups is 4. The maximum absolute atomic E-state index is 15.2. The molecule has 3 aliphatic rings. The molecule has 1 N–H and O–H groups in total. The summed E-state index contributed by atoms with van der Waals surface area (Å²) in [7, 11) is 1.69. The van der Waals surface area contributed by atoms with E-state index in [1.165, 1.54) is 4.90 Å². The lowest BCUT2D eigenvalue weighted by molar-refractivity contribution is -0.165. The predicted molar refractivity (Wildman–Crippen MR) is 204 cm³/mol. The number of likely N-dealkylation sites (tertiary alicyclic amines) is 1. The first-order valence-electron chi connectivity index (χ1n) is 18.1. The van der Waals surface area contributed by atoms with Gasteiger partial charge < -0.3 is 29.3 Å². The molecule has 3 heterocycles. The second-order valence-corrected chi connectivity index (χ2v) is 15.9. The molecule has 9 atom stereocenters. The van der Waals surface area contributed by atoms with E-state index >= 15 is 4.79 Å². The molecule has 0 saturated carbocycles. The zero-order chi connectivity index (χ0) is 38.1. The van der Waals surface area contributed by atoms with Crippen LogP contribution in [-0.2, 0) is 28.7 Å². The van der Waals surface area contributed by atoms with Crippen molar-refractivity contribution >= 4 is 45.3 Å². The van der Waals surface area contributed by atoms with Gasteiger partial charge in [-0.25, -0.2) is 0 Å². The Morgan fingerprint density at radius 1 is 1.08 bits per heavy atom. The van der Waals surface area contributed by atoms with Crippen LogP contribution in [0.4, 0.5) is 5.69 Å². The maximum atomic E-state index is 15.2. The number of rotatable bonds is 15. The van der Waals surface area contributed by atoms with E-state index in [0.717, 1.165) is 16.8 Å². The van der Waals surface area contributed by atoms with Crippen LogP contribution in [0.1, 0.15) is 62.8 Å². The third-order valence-corrected chi connectivity index (χ3v) is 12.1. The Balaban J connectivity index is 1.58.